The molecule has 0 aliphatic heterocycles. The van der Waals surface area contributed by atoms with Crippen LogP contribution in [0.3, 0.4) is 0 Å². The topological polar surface area (TPSA) is 70.7 Å². The minimum atomic E-state index is -0.310. The van der Waals surface area contributed by atoms with Crippen LogP contribution in [0, 0.1) is 5.82 Å². The molecule has 0 aliphatic carbocycles. The van der Waals surface area contributed by atoms with Crippen molar-refractivity contribution in [3.8, 4) is 0 Å². The molecular formula is C15H13FN4O. The molecule has 0 saturated heterocycles. The predicted octanol–water partition coefficient (Wildman–Crippen LogP) is 1.96. The van der Waals surface area contributed by atoms with Crippen molar-refractivity contribution in [2.75, 3.05) is 0 Å². The van der Waals surface area contributed by atoms with Gasteiger partial charge in [0.1, 0.15) is 5.82 Å². The van der Waals surface area contributed by atoms with Crippen molar-refractivity contribution in [3.05, 3.63) is 59.7 Å². The van der Waals surface area contributed by atoms with Crippen molar-refractivity contribution in [1.29, 1.82) is 0 Å². The van der Waals surface area contributed by atoms with E-state index >= 15 is 0 Å². The fraction of sp³-hybridized carbons (Fsp3) is 0.133. The lowest BCUT2D eigenvalue weighted by molar-refractivity contribution is -0.120. The highest BCUT2D eigenvalue weighted by atomic mass is 19.1. The SMILES string of the molecule is O=C(Cc1ccc(F)cc1)NCc1[nH]nc2ncccc12. The lowest BCUT2D eigenvalue weighted by Crippen LogP contribution is -2.24. The summed E-state index contributed by atoms with van der Waals surface area (Å²) in [5.74, 6) is -0.441. The Morgan fingerprint density at radius 2 is 2.05 bits per heavy atom. The molecule has 0 unspecified atom stereocenters. The fourth-order valence-electron chi connectivity index (χ4n) is 2.07. The molecular weight excluding hydrogens is 271 g/mol. The van der Waals surface area contributed by atoms with Crippen molar-refractivity contribution >= 4 is 16.9 Å². The second kappa shape index (κ2) is 5.70. The van der Waals surface area contributed by atoms with Gasteiger partial charge in [-0.05, 0) is 29.8 Å². The Labute approximate surface area is 120 Å². The first-order valence-corrected chi connectivity index (χ1v) is 6.51. The average Bonchev–Trinajstić information content (AvgIpc) is 2.91. The summed E-state index contributed by atoms with van der Waals surface area (Å²) < 4.78 is 12.8. The predicted molar refractivity (Wildman–Crippen MR) is 75.8 cm³/mol. The molecule has 6 heteroatoms. The van der Waals surface area contributed by atoms with Gasteiger partial charge in [-0.2, -0.15) is 5.10 Å². The number of nitrogens with one attached hydrogen (secondary N) is 2. The smallest absolute Gasteiger partial charge is 0.224 e. The number of aromatic amines is 1. The van der Waals surface area contributed by atoms with E-state index in [9.17, 15) is 9.18 Å². The van der Waals surface area contributed by atoms with Gasteiger partial charge in [0.2, 0.25) is 5.91 Å². The number of hydrogen-bond donors (Lipinski definition) is 2. The monoisotopic (exact) mass is 284 g/mol. The number of carbonyl (C=O) groups is 1. The van der Waals surface area contributed by atoms with Crippen LogP contribution in [0.15, 0.2) is 42.6 Å². The summed E-state index contributed by atoms with van der Waals surface area (Å²) in [4.78, 5) is 16.0. The molecule has 0 atom stereocenters. The zero-order chi connectivity index (χ0) is 14.7. The number of rotatable bonds is 4. The number of carbonyl (C=O) groups excluding carboxylic acids is 1. The second-order valence-corrected chi connectivity index (χ2v) is 4.66. The van der Waals surface area contributed by atoms with Gasteiger partial charge in [0.05, 0.1) is 18.7 Å². The van der Waals surface area contributed by atoms with Gasteiger partial charge < -0.3 is 5.32 Å². The van der Waals surface area contributed by atoms with E-state index in [1.807, 2.05) is 12.1 Å². The molecule has 0 radical (unpaired) electrons. The molecule has 3 rings (SSSR count). The van der Waals surface area contributed by atoms with Crippen molar-refractivity contribution in [2.45, 2.75) is 13.0 Å². The fourth-order valence-corrected chi connectivity index (χ4v) is 2.07. The molecule has 1 aromatic carbocycles. The molecule has 2 N–H and O–H groups in total. The van der Waals surface area contributed by atoms with E-state index in [2.05, 4.69) is 20.5 Å². The minimum absolute atomic E-state index is 0.131. The Morgan fingerprint density at radius 1 is 1.24 bits per heavy atom. The Hall–Kier alpha value is -2.76. The van der Waals surface area contributed by atoms with Crippen molar-refractivity contribution in [3.63, 3.8) is 0 Å². The van der Waals surface area contributed by atoms with Gasteiger partial charge in [0, 0.05) is 11.6 Å². The highest BCUT2D eigenvalue weighted by Gasteiger charge is 2.08. The number of nitrogens with zero attached hydrogens (tertiary/aromatic N) is 2. The Balaban J connectivity index is 1.62. The minimum Gasteiger partial charge on any atom is -0.350 e. The van der Waals surface area contributed by atoms with Gasteiger partial charge in [-0.15, -0.1) is 0 Å². The van der Waals surface area contributed by atoms with Crippen LogP contribution in [0.4, 0.5) is 4.39 Å². The van der Waals surface area contributed by atoms with E-state index in [0.717, 1.165) is 16.6 Å². The van der Waals surface area contributed by atoms with E-state index in [0.29, 0.717) is 12.2 Å². The van der Waals surface area contributed by atoms with Crippen LogP contribution in [-0.2, 0) is 17.8 Å². The van der Waals surface area contributed by atoms with Gasteiger partial charge in [-0.3, -0.25) is 9.89 Å². The number of amides is 1. The Bertz CT molecular complexity index is 767. The maximum atomic E-state index is 12.8. The van der Waals surface area contributed by atoms with Crippen molar-refractivity contribution in [2.24, 2.45) is 0 Å². The van der Waals surface area contributed by atoms with Crippen molar-refractivity contribution < 1.29 is 9.18 Å². The molecule has 2 heterocycles. The number of aromatic nitrogens is 3. The summed E-state index contributed by atoms with van der Waals surface area (Å²) >= 11 is 0. The van der Waals surface area contributed by atoms with Gasteiger partial charge >= 0.3 is 0 Å². The van der Waals surface area contributed by atoms with Gasteiger partial charge in [0.15, 0.2) is 5.65 Å². The van der Waals surface area contributed by atoms with Crippen LogP contribution < -0.4 is 5.32 Å². The summed E-state index contributed by atoms with van der Waals surface area (Å²) in [6.07, 6.45) is 1.88. The number of H-pyrrole nitrogens is 1. The molecule has 0 aliphatic rings. The highest BCUT2D eigenvalue weighted by Crippen LogP contribution is 2.12. The van der Waals surface area contributed by atoms with Gasteiger partial charge in [-0.25, -0.2) is 9.37 Å². The lowest BCUT2D eigenvalue weighted by Gasteiger charge is -2.04. The third kappa shape index (κ3) is 3.05. The first-order valence-electron chi connectivity index (χ1n) is 6.51. The van der Waals surface area contributed by atoms with Crippen LogP contribution in [0.1, 0.15) is 11.3 Å². The second-order valence-electron chi connectivity index (χ2n) is 4.66. The summed E-state index contributed by atoms with van der Waals surface area (Å²) in [7, 11) is 0. The highest BCUT2D eigenvalue weighted by molar-refractivity contribution is 5.80. The molecule has 21 heavy (non-hydrogen) atoms. The number of benzene rings is 1. The normalized spacial score (nSPS) is 10.7. The van der Waals surface area contributed by atoms with Crippen molar-refractivity contribution in [1.82, 2.24) is 20.5 Å². The maximum absolute atomic E-state index is 12.8. The molecule has 0 fully saturated rings. The molecule has 1 amide bonds. The molecule has 5 nitrogen and oxygen atoms in total. The Kier molecular flexibility index (Phi) is 3.59. The number of fused-ring (bicyclic) bond motifs is 1. The van der Waals surface area contributed by atoms with E-state index in [4.69, 9.17) is 0 Å². The maximum Gasteiger partial charge on any atom is 0.224 e. The van der Waals surface area contributed by atoms with Crippen LogP contribution >= 0.6 is 0 Å². The zero-order valence-corrected chi connectivity index (χ0v) is 11.1. The standard InChI is InChI=1S/C15H13FN4O/c16-11-5-3-10(4-6-11)8-14(21)18-9-13-12-2-1-7-17-15(12)20-19-13/h1-7H,8-9H2,(H,18,21)(H,17,19,20). The number of pyridine rings is 1. The zero-order valence-electron chi connectivity index (χ0n) is 11.1. The molecule has 0 saturated carbocycles. The number of hydrogen-bond acceptors (Lipinski definition) is 3. The summed E-state index contributed by atoms with van der Waals surface area (Å²) in [5.41, 5.74) is 2.20. The van der Waals surface area contributed by atoms with E-state index in [1.165, 1.54) is 12.1 Å². The summed E-state index contributed by atoms with van der Waals surface area (Å²) in [6.45, 7) is 0.349. The lowest BCUT2D eigenvalue weighted by atomic mass is 10.1. The van der Waals surface area contributed by atoms with Gasteiger partial charge in [0.25, 0.3) is 0 Å². The molecule has 106 valence electrons. The van der Waals surface area contributed by atoms with E-state index in [1.54, 1.807) is 18.3 Å². The van der Waals surface area contributed by atoms with Crippen LogP contribution in [0.5, 0.6) is 0 Å². The third-order valence-corrected chi connectivity index (χ3v) is 3.15. The van der Waals surface area contributed by atoms with Crippen LogP contribution in [0.2, 0.25) is 0 Å². The largest absolute Gasteiger partial charge is 0.350 e. The quantitative estimate of drug-likeness (QED) is 0.769. The van der Waals surface area contributed by atoms with Crippen LogP contribution in [0.25, 0.3) is 11.0 Å². The summed E-state index contributed by atoms with van der Waals surface area (Å²) in [6, 6.07) is 9.61. The third-order valence-electron chi connectivity index (χ3n) is 3.15. The number of halogens is 1. The molecule has 0 spiro atoms. The summed E-state index contributed by atoms with van der Waals surface area (Å²) in [5, 5.41) is 10.6. The van der Waals surface area contributed by atoms with E-state index in [-0.39, 0.29) is 18.1 Å². The first kappa shape index (κ1) is 13.2. The Morgan fingerprint density at radius 3 is 2.86 bits per heavy atom. The molecule has 2 aromatic heterocycles. The van der Waals surface area contributed by atoms with E-state index < -0.39 is 0 Å². The molecule has 0 bridgehead atoms. The van der Waals surface area contributed by atoms with Gasteiger partial charge in [-0.1, -0.05) is 12.1 Å². The molecule has 3 aromatic rings. The van der Waals surface area contributed by atoms with Crippen LogP contribution in [-0.4, -0.2) is 21.1 Å². The average molecular weight is 284 g/mol. The first-order chi connectivity index (χ1) is 10.2.